The van der Waals surface area contributed by atoms with E-state index in [1.807, 2.05) is 13.0 Å². The Morgan fingerprint density at radius 1 is 1.14 bits per heavy atom. The van der Waals surface area contributed by atoms with Crippen LogP contribution in [0.25, 0.3) is 0 Å². The number of hydrogen-bond acceptors (Lipinski definition) is 4. The van der Waals surface area contributed by atoms with Crippen LogP contribution in [-0.2, 0) is 13.1 Å². The molecule has 21 heavy (non-hydrogen) atoms. The van der Waals surface area contributed by atoms with Crippen LogP contribution in [0.1, 0.15) is 30.9 Å². The van der Waals surface area contributed by atoms with Crippen molar-refractivity contribution in [3.8, 4) is 0 Å². The fourth-order valence-electron chi connectivity index (χ4n) is 2.28. The number of hydrogen-bond donors (Lipinski definition) is 1. The number of anilines is 1. The van der Waals surface area contributed by atoms with E-state index < -0.39 is 0 Å². The van der Waals surface area contributed by atoms with Crippen LogP contribution in [0.5, 0.6) is 0 Å². The smallest absolute Gasteiger partial charge is 0.125 e. The zero-order valence-electron chi connectivity index (χ0n) is 13.1. The molecule has 0 amide bonds. The second-order valence-corrected chi connectivity index (χ2v) is 5.11. The molecule has 0 aliphatic heterocycles. The zero-order valence-corrected chi connectivity index (χ0v) is 13.1. The maximum absolute atomic E-state index is 4.40. The standard InChI is InChI=1S/C17H24N4/c1-4-21(5-2)13-15-7-6-8-16(11-15)19-12-17-9-10-18-14(3)20-17/h6-11,19H,4-5,12-13H2,1-3H3. The van der Waals surface area contributed by atoms with Gasteiger partial charge in [-0.2, -0.15) is 0 Å². The molecule has 0 saturated heterocycles. The van der Waals surface area contributed by atoms with Gasteiger partial charge >= 0.3 is 0 Å². The van der Waals surface area contributed by atoms with Gasteiger partial charge in [-0.3, -0.25) is 4.90 Å². The largest absolute Gasteiger partial charge is 0.379 e. The third-order valence-corrected chi connectivity index (χ3v) is 3.53. The van der Waals surface area contributed by atoms with Gasteiger partial charge in [0.1, 0.15) is 5.82 Å². The van der Waals surface area contributed by atoms with E-state index >= 15 is 0 Å². The normalized spacial score (nSPS) is 10.9. The Kier molecular flexibility index (Phi) is 5.69. The van der Waals surface area contributed by atoms with Gasteiger partial charge in [0, 0.05) is 18.4 Å². The Labute approximate surface area is 127 Å². The lowest BCUT2D eigenvalue weighted by atomic mass is 10.2. The number of rotatable bonds is 7. The van der Waals surface area contributed by atoms with Crippen LogP contribution in [0, 0.1) is 6.92 Å². The quantitative estimate of drug-likeness (QED) is 0.847. The first-order chi connectivity index (χ1) is 10.2. The van der Waals surface area contributed by atoms with E-state index in [2.05, 4.69) is 58.3 Å². The molecule has 112 valence electrons. The molecule has 4 nitrogen and oxygen atoms in total. The number of nitrogens with one attached hydrogen (secondary N) is 1. The summed E-state index contributed by atoms with van der Waals surface area (Å²) in [6.45, 7) is 10.2. The average Bonchev–Trinajstić information content (AvgIpc) is 2.51. The van der Waals surface area contributed by atoms with Gasteiger partial charge in [-0.05, 0) is 43.8 Å². The van der Waals surface area contributed by atoms with Gasteiger partial charge in [0.25, 0.3) is 0 Å². The van der Waals surface area contributed by atoms with Crippen molar-refractivity contribution in [1.82, 2.24) is 14.9 Å². The molecule has 1 heterocycles. The van der Waals surface area contributed by atoms with E-state index in [0.717, 1.165) is 43.4 Å². The summed E-state index contributed by atoms with van der Waals surface area (Å²) in [5, 5.41) is 3.43. The monoisotopic (exact) mass is 284 g/mol. The number of nitrogens with zero attached hydrogens (tertiary/aromatic N) is 3. The Balaban J connectivity index is 1.97. The maximum atomic E-state index is 4.40. The molecule has 0 saturated carbocycles. The molecular formula is C17H24N4. The summed E-state index contributed by atoms with van der Waals surface area (Å²) in [5.74, 6) is 0.810. The van der Waals surface area contributed by atoms with Crippen molar-refractivity contribution in [2.75, 3.05) is 18.4 Å². The molecule has 1 aromatic heterocycles. The SMILES string of the molecule is CCN(CC)Cc1cccc(NCc2ccnc(C)n2)c1. The van der Waals surface area contributed by atoms with E-state index in [1.165, 1.54) is 5.56 Å². The van der Waals surface area contributed by atoms with E-state index in [4.69, 9.17) is 0 Å². The van der Waals surface area contributed by atoms with Gasteiger partial charge in [0.05, 0.1) is 12.2 Å². The van der Waals surface area contributed by atoms with Crippen molar-refractivity contribution < 1.29 is 0 Å². The van der Waals surface area contributed by atoms with Crippen LogP contribution in [0.15, 0.2) is 36.5 Å². The van der Waals surface area contributed by atoms with Gasteiger partial charge in [0.15, 0.2) is 0 Å². The summed E-state index contributed by atoms with van der Waals surface area (Å²) < 4.78 is 0. The second kappa shape index (κ2) is 7.74. The van der Waals surface area contributed by atoms with Crippen LogP contribution < -0.4 is 5.32 Å². The highest BCUT2D eigenvalue weighted by Crippen LogP contribution is 2.13. The highest BCUT2D eigenvalue weighted by atomic mass is 15.1. The molecule has 2 aromatic rings. The molecule has 0 unspecified atom stereocenters. The first-order valence-electron chi connectivity index (χ1n) is 7.55. The van der Waals surface area contributed by atoms with E-state index in [-0.39, 0.29) is 0 Å². The lowest BCUT2D eigenvalue weighted by Crippen LogP contribution is -2.22. The Hall–Kier alpha value is -1.94. The number of aryl methyl sites for hydroxylation is 1. The van der Waals surface area contributed by atoms with Crippen molar-refractivity contribution in [3.63, 3.8) is 0 Å². The Morgan fingerprint density at radius 3 is 2.67 bits per heavy atom. The predicted octanol–water partition coefficient (Wildman–Crippen LogP) is 3.24. The highest BCUT2D eigenvalue weighted by molar-refractivity contribution is 5.45. The second-order valence-electron chi connectivity index (χ2n) is 5.11. The Bertz CT molecular complexity index is 564. The van der Waals surface area contributed by atoms with Crippen molar-refractivity contribution in [3.05, 3.63) is 53.6 Å². The fraction of sp³-hybridized carbons (Fsp3) is 0.412. The van der Waals surface area contributed by atoms with Crippen molar-refractivity contribution in [2.45, 2.75) is 33.9 Å². The van der Waals surface area contributed by atoms with Crippen LogP contribution in [-0.4, -0.2) is 28.0 Å². The lowest BCUT2D eigenvalue weighted by Gasteiger charge is -2.18. The van der Waals surface area contributed by atoms with Crippen LogP contribution in [0.2, 0.25) is 0 Å². The molecule has 0 atom stereocenters. The predicted molar refractivity (Wildman–Crippen MR) is 87.2 cm³/mol. The first kappa shape index (κ1) is 15.4. The summed E-state index contributed by atoms with van der Waals surface area (Å²) in [7, 11) is 0. The Morgan fingerprint density at radius 2 is 1.95 bits per heavy atom. The third-order valence-electron chi connectivity index (χ3n) is 3.53. The van der Waals surface area contributed by atoms with Gasteiger partial charge in [-0.15, -0.1) is 0 Å². The van der Waals surface area contributed by atoms with Gasteiger partial charge in [0.2, 0.25) is 0 Å². The van der Waals surface area contributed by atoms with Crippen molar-refractivity contribution in [1.29, 1.82) is 0 Å². The van der Waals surface area contributed by atoms with E-state index in [0.29, 0.717) is 0 Å². The molecule has 0 aliphatic rings. The van der Waals surface area contributed by atoms with Crippen LogP contribution in [0.3, 0.4) is 0 Å². The van der Waals surface area contributed by atoms with Crippen molar-refractivity contribution >= 4 is 5.69 Å². The molecule has 0 fully saturated rings. The molecule has 0 bridgehead atoms. The summed E-state index contributed by atoms with van der Waals surface area (Å²) in [4.78, 5) is 10.9. The lowest BCUT2D eigenvalue weighted by molar-refractivity contribution is 0.296. The minimum absolute atomic E-state index is 0.720. The van der Waals surface area contributed by atoms with Gasteiger partial charge in [-0.25, -0.2) is 9.97 Å². The third kappa shape index (κ3) is 4.83. The maximum Gasteiger partial charge on any atom is 0.125 e. The minimum Gasteiger partial charge on any atom is -0.379 e. The fourth-order valence-corrected chi connectivity index (χ4v) is 2.28. The molecular weight excluding hydrogens is 260 g/mol. The van der Waals surface area contributed by atoms with Crippen LogP contribution >= 0.6 is 0 Å². The zero-order chi connectivity index (χ0) is 15.1. The van der Waals surface area contributed by atoms with Crippen molar-refractivity contribution in [2.24, 2.45) is 0 Å². The molecule has 2 rings (SSSR count). The molecule has 0 aliphatic carbocycles. The van der Waals surface area contributed by atoms with E-state index in [1.54, 1.807) is 6.20 Å². The number of benzene rings is 1. The summed E-state index contributed by atoms with van der Waals surface area (Å²) in [6, 6.07) is 10.5. The molecule has 4 heteroatoms. The molecule has 0 spiro atoms. The summed E-state index contributed by atoms with van der Waals surface area (Å²) in [6.07, 6.45) is 1.80. The molecule has 0 radical (unpaired) electrons. The number of aromatic nitrogens is 2. The summed E-state index contributed by atoms with van der Waals surface area (Å²) >= 11 is 0. The van der Waals surface area contributed by atoms with Gasteiger partial charge < -0.3 is 5.32 Å². The average molecular weight is 284 g/mol. The topological polar surface area (TPSA) is 41.0 Å². The minimum atomic E-state index is 0.720. The first-order valence-corrected chi connectivity index (χ1v) is 7.55. The van der Waals surface area contributed by atoms with E-state index in [9.17, 15) is 0 Å². The van der Waals surface area contributed by atoms with Crippen LogP contribution in [0.4, 0.5) is 5.69 Å². The molecule has 1 aromatic carbocycles. The highest BCUT2D eigenvalue weighted by Gasteiger charge is 2.02. The summed E-state index contributed by atoms with van der Waals surface area (Å²) in [5.41, 5.74) is 3.48. The molecule has 1 N–H and O–H groups in total. The van der Waals surface area contributed by atoms with Gasteiger partial charge in [-0.1, -0.05) is 26.0 Å².